The zero-order valence-electron chi connectivity index (χ0n) is 13.2. The molecule has 1 heterocycles. The third kappa shape index (κ3) is 3.13. The molecule has 3 N–H and O–H groups in total. The Morgan fingerprint density at radius 3 is 2.75 bits per heavy atom. The van der Waals surface area contributed by atoms with E-state index in [-0.39, 0.29) is 15.9 Å². The van der Waals surface area contributed by atoms with Gasteiger partial charge in [0, 0.05) is 5.92 Å². The summed E-state index contributed by atoms with van der Waals surface area (Å²) in [5.41, 5.74) is 6.91. The van der Waals surface area contributed by atoms with Crippen LogP contribution in [0.15, 0.2) is 23.1 Å². The molecule has 0 bridgehead atoms. The predicted octanol–water partition coefficient (Wildman–Crippen LogP) is 1.79. The van der Waals surface area contributed by atoms with Crippen LogP contribution in [0.4, 0.5) is 5.13 Å². The molecule has 7 nitrogen and oxygen atoms in total. The molecule has 0 saturated carbocycles. The second-order valence-corrected chi connectivity index (χ2v) is 8.58. The van der Waals surface area contributed by atoms with Crippen molar-refractivity contribution in [2.45, 2.75) is 37.0 Å². The topological polar surface area (TPSA) is 115 Å². The molecule has 1 amide bonds. The van der Waals surface area contributed by atoms with Crippen molar-refractivity contribution < 1.29 is 13.2 Å². The van der Waals surface area contributed by atoms with Crippen molar-refractivity contribution in [3.63, 3.8) is 0 Å². The van der Waals surface area contributed by atoms with Crippen molar-refractivity contribution in [2.75, 3.05) is 4.72 Å². The first-order valence-electron chi connectivity index (χ1n) is 7.39. The molecule has 1 aliphatic rings. The molecule has 24 heavy (non-hydrogen) atoms. The molecular formula is C15H17N4O3S2. The van der Waals surface area contributed by atoms with Gasteiger partial charge in [0.2, 0.25) is 11.0 Å². The molecule has 127 valence electrons. The van der Waals surface area contributed by atoms with E-state index in [1.807, 2.05) is 13.8 Å². The number of nitrogens with one attached hydrogen (secondary N) is 1. The highest BCUT2D eigenvalue weighted by Gasteiger charge is 2.29. The molecule has 2 aromatic rings. The van der Waals surface area contributed by atoms with Crippen LogP contribution in [0.2, 0.25) is 0 Å². The molecule has 1 aromatic heterocycles. The normalized spacial score (nSPS) is 17.0. The van der Waals surface area contributed by atoms with Gasteiger partial charge in [-0.2, -0.15) is 0 Å². The van der Waals surface area contributed by atoms with Crippen LogP contribution in [-0.4, -0.2) is 24.5 Å². The SMILES string of the molecule is CC(C)c1nnc(NS(=O)(=O)c2ccc3c(c2)C[CH]C3C(N)=O)s1. The molecule has 9 heteroatoms. The molecule has 1 radical (unpaired) electrons. The Labute approximate surface area is 144 Å². The average Bonchev–Trinajstić information content (AvgIpc) is 3.12. The fourth-order valence-corrected chi connectivity index (χ4v) is 4.58. The van der Waals surface area contributed by atoms with Crippen molar-refractivity contribution in [3.05, 3.63) is 40.8 Å². The summed E-state index contributed by atoms with van der Waals surface area (Å²) in [6.07, 6.45) is 2.30. The number of benzene rings is 1. The molecule has 1 aliphatic carbocycles. The van der Waals surface area contributed by atoms with Crippen LogP contribution >= 0.6 is 11.3 Å². The number of hydrogen-bond acceptors (Lipinski definition) is 6. The van der Waals surface area contributed by atoms with Gasteiger partial charge in [-0.3, -0.25) is 9.52 Å². The number of carbonyl (C=O) groups is 1. The number of hydrogen-bond donors (Lipinski definition) is 2. The van der Waals surface area contributed by atoms with E-state index < -0.39 is 21.8 Å². The number of aromatic nitrogens is 2. The predicted molar refractivity (Wildman–Crippen MR) is 91.2 cm³/mol. The van der Waals surface area contributed by atoms with E-state index in [1.165, 1.54) is 17.4 Å². The lowest BCUT2D eigenvalue weighted by Crippen LogP contribution is -2.19. The Balaban J connectivity index is 1.86. The molecular weight excluding hydrogens is 348 g/mol. The molecule has 1 aromatic carbocycles. The maximum absolute atomic E-state index is 12.5. The van der Waals surface area contributed by atoms with Crippen molar-refractivity contribution >= 4 is 32.4 Å². The third-order valence-corrected chi connectivity index (χ3v) is 6.40. The summed E-state index contributed by atoms with van der Waals surface area (Å²) in [7, 11) is -3.76. The van der Waals surface area contributed by atoms with Crippen molar-refractivity contribution in [1.82, 2.24) is 10.2 Å². The van der Waals surface area contributed by atoms with Gasteiger partial charge in [0.1, 0.15) is 5.01 Å². The highest BCUT2D eigenvalue weighted by atomic mass is 32.2. The van der Waals surface area contributed by atoms with E-state index in [4.69, 9.17) is 5.73 Å². The number of carbonyl (C=O) groups excluding carboxylic acids is 1. The van der Waals surface area contributed by atoms with Crippen LogP contribution in [0.25, 0.3) is 0 Å². The fraction of sp³-hybridized carbons (Fsp3) is 0.333. The number of rotatable bonds is 5. The van der Waals surface area contributed by atoms with Gasteiger partial charge in [0.15, 0.2) is 0 Å². The van der Waals surface area contributed by atoms with Gasteiger partial charge in [0.25, 0.3) is 10.0 Å². The average molecular weight is 365 g/mol. The second-order valence-electron chi connectivity index (χ2n) is 5.89. The molecule has 0 saturated heterocycles. The van der Waals surface area contributed by atoms with Crippen LogP contribution in [-0.2, 0) is 21.2 Å². The van der Waals surface area contributed by atoms with Crippen molar-refractivity contribution in [3.8, 4) is 0 Å². The maximum Gasteiger partial charge on any atom is 0.263 e. The van der Waals surface area contributed by atoms with Crippen LogP contribution in [0, 0.1) is 6.42 Å². The zero-order valence-corrected chi connectivity index (χ0v) is 14.8. The number of nitrogens with two attached hydrogens (primary N) is 1. The monoisotopic (exact) mass is 365 g/mol. The highest BCUT2D eigenvalue weighted by molar-refractivity contribution is 7.93. The Bertz CT molecular complexity index is 890. The first-order valence-corrected chi connectivity index (χ1v) is 9.69. The van der Waals surface area contributed by atoms with Crippen molar-refractivity contribution in [2.24, 2.45) is 5.73 Å². The van der Waals surface area contributed by atoms with Crippen LogP contribution in [0.5, 0.6) is 0 Å². The minimum absolute atomic E-state index is 0.126. The van der Waals surface area contributed by atoms with Crippen LogP contribution < -0.4 is 10.5 Å². The van der Waals surface area contributed by atoms with Gasteiger partial charge in [-0.25, -0.2) is 8.42 Å². The summed E-state index contributed by atoms with van der Waals surface area (Å²) in [5, 5.41) is 8.83. The minimum atomic E-state index is -3.76. The van der Waals surface area contributed by atoms with Gasteiger partial charge < -0.3 is 5.73 Å². The lowest BCUT2D eigenvalue weighted by atomic mass is 10.0. The molecule has 0 spiro atoms. The number of amides is 1. The minimum Gasteiger partial charge on any atom is -0.369 e. The first kappa shape index (κ1) is 16.8. The molecule has 0 aliphatic heterocycles. The van der Waals surface area contributed by atoms with E-state index in [1.54, 1.807) is 18.6 Å². The van der Waals surface area contributed by atoms with Gasteiger partial charge in [-0.1, -0.05) is 31.3 Å². The quantitative estimate of drug-likeness (QED) is 0.838. The van der Waals surface area contributed by atoms with Gasteiger partial charge >= 0.3 is 0 Å². The number of sulfonamides is 1. The van der Waals surface area contributed by atoms with E-state index in [0.29, 0.717) is 6.42 Å². The lowest BCUT2D eigenvalue weighted by molar-refractivity contribution is -0.118. The Kier molecular flexibility index (Phi) is 4.31. The van der Waals surface area contributed by atoms with Gasteiger partial charge in [0.05, 0.1) is 10.8 Å². The Hall–Kier alpha value is -2.00. The van der Waals surface area contributed by atoms with E-state index in [0.717, 1.165) is 16.1 Å². The third-order valence-electron chi connectivity index (χ3n) is 3.80. The van der Waals surface area contributed by atoms with E-state index in [9.17, 15) is 13.2 Å². The lowest BCUT2D eigenvalue weighted by Gasteiger charge is -2.09. The summed E-state index contributed by atoms with van der Waals surface area (Å²) in [5.74, 6) is -0.707. The van der Waals surface area contributed by atoms with E-state index >= 15 is 0 Å². The number of fused-ring (bicyclic) bond motifs is 1. The Morgan fingerprint density at radius 1 is 1.38 bits per heavy atom. The maximum atomic E-state index is 12.5. The fourth-order valence-electron chi connectivity index (χ4n) is 2.55. The number of primary amides is 1. The highest BCUT2D eigenvalue weighted by Crippen LogP contribution is 2.34. The molecule has 3 rings (SSSR count). The largest absolute Gasteiger partial charge is 0.369 e. The van der Waals surface area contributed by atoms with Crippen molar-refractivity contribution in [1.29, 1.82) is 0 Å². The summed E-state index contributed by atoms with van der Waals surface area (Å²) < 4.78 is 27.5. The molecule has 0 fully saturated rings. The second kappa shape index (κ2) is 6.14. The number of nitrogens with zero attached hydrogens (tertiary/aromatic N) is 2. The first-order chi connectivity index (χ1) is 11.3. The molecule has 1 atom stereocenters. The Morgan fingerprint density at radius 2 is 2.12 bits per heavy atom. The van der Waals surface area contributed by atoms with Crippen LogP contribution in [0.3, 0.4) is 0 Å². The molecule has 1 unspecified atom stereocenters. The standard InChI is InChI=1S/C15H17N4O3S2/c1-8(2)14-17-18-15(23-14)19-24(21,22)10-4-6-11-9(7-10)3-5-12(11)13(16)20/h4-8,12H,3H2,1-2H3,(H2,16,20)(H,18,19). The van der Waals surface area contributed by atoms with Gasteiger partial charge in [-0.15, -0.1) is 10.2 Å². The summed E-state index contributed by atoms with van der Waals surface area (Å²) in [6, 6.07) is 4.69. The van der Waals surface area contributed by atoms with Gasteiger partial charge in [-0.05, 0) is 36.1 Å². The summed E-state index contributed by atoms with van der Waals surface area (Å²) >= 11 is 1.21. The summed E-state index contributed by atoms with van der Waals surface area (Å²) in [4.78, 5) is 11.5. The van der Waals surface area contributed by atoms with E-state index in [2.05, 4.69) is 14.9 Å². The number of anilines is 1. The summed E-state index contributed by atoms with van der Waals surface area (Å²) in [6.45, 7) is 3.93. The zero-order chi connectivity index (χ0) is 17.5. The smallest absolute Gasteiger partial charge is 0.263 e. The van der Waals surface area contributed by atoms with Crippen LogP contribution in [0.1, 0.15) is 41.8 Å².